The molecule has 1 aromatic heterocycles. The van der Waals surface area contributed by atoms with E-state index in [1.54, 1.807) is 42.0 Å². The van der Waals surface area contributed by atoms with Crippen molar-refractivity contribution < 1.29 is 13.9 Å². The average Bonchev–Trinajstić information content (AvgIpc) is 2.93. The minimum atomic E-state index is -0.359. The second kappa shape index (κ2) is 6.34. The molecule has 0 saturated carbocycles. The molecular weight excluding hydrogens is 315 g/mol. The summed E-state index contributed by atoms with van der Waals surface area (Å²) < 4.78 is 21.6. The molecule has 0 spiro atoms. The minimum absolute atomic E-state index is 0.307. The van der Waals surface area contributed by atoms with E-state index in [4.69, 9.17) is 4.74 Å². The van der Waals surface area contributed by atoms with Crippen molar-refractivity contribution in [3.63, 3.8) is 0 Å². The zero-order valence-electron chi connectivity index (χ0n) is 12.7. The molecule has 1 heterocycles. The van der Waals surface area contributed by atoms with E-state index in [2.05, 4.69) is 4.99 Å². The Kier molecular flexibility index (Phi) is 4.25. The summed E-state index contributed by atoms with van der Waals surface area (Å²) in [5.74, 6) is 0.00914. The summed E-state index contributed by atoms with van der Waals surface area (Å²) in [7, 11) is 1.57. The fraction of sp³-hybridized carbons (Fsp3) is 0.176. The van der Waals surface area contributed by atoms with Crippen LogP contribution in [0.4, 0.5) is 4.39 Å². The van der Waals surface area contributed by atoms with Gasteiger partial charge in [-0.2, -0.15) is 4.99 Å². The van der Waals surface area contributed by atoms with Crippen LogP contribution in [0.15, 0.2) is 47.5 Å². The summed E-state index contributed by atoms with van der Waals surface area (Å²) in [5.41, 5.74) is 0.952. The Morgan fingerprint density at radius 3 is 2.65 bits per heavy atom. The maximum atomic E-state index is 14.0. The van der Waals surface area contributed by atoms with Crippen molar-refractivity contribution in [1.82, 2.24) is 4.57 Å². The number of hydrogen-bond acceptors (Lipinski definition) is 3. The van der Waals surface area contributed by atoms with Crippen molar-refractivity contribution in [3.8, 4) is 5.75 Å². The highest BCUT2D eigenvalue weighted by Crippen LogP contribution is 2.20. The van der Waals surface area contributed by atoms with E-state index in [1.807, 2.05) is 13.0 Å². The van der Waals surface area contributed by atoms with Gasteiger partial charge >= 0.3 is 0 Å². The highest BCUT2D eigenvalue weighted by Gasteiger charge is 2.11. The number of carbonyl (C=O) groups excluding carboxylic acids is 1. The average molecular weight is 330 g/mol. The van der Waals surface area contributed by atoms with Crippen LogP contribution in [0.3, 0.4) is 0 Å². The summed E-state index contributed by atoms with van der Waals surface area (Å²) in [5, 5.41) is 0. The van der Waals surface area contributed by atoms with Gasteiger partial charge in [0, 0.05) is 12.1 Å². The van der Waals surface area contributed by atoms with Gasteiger partial charge in [-0.05, 0) is 43.3 Å². The Balaban J connectivity index is 2.09. The number of fused-ring (bicyclic) bond motifs is 1. The molecule has 0 atom stereocenters. The number of nitrogens with zero attached hydrogens (tertiary/aromatic N) is 2. The van der Waals surface area contributed by atoms with Gasteiger partial charge in [-0.1, -0.05) is 17.4 Å². The number of carbonyl (C=O) groups is 1. The number of aromatic nitrogens is 1. The van der Waals surface area contributed by atoms with Crippen LogP contribution in [0.1, 0.15) is 17.3 Å². The molecule has 6 heteroatoms. The lowest BCUT2D eigenvalue weighted by atomic mass is 10.2. The van der Waals surface area contributed by atoms with E-state index < -0.39 is 0 Å². The van der Waals surface area contributed by atoms with E-state index in [0.717, 1.165) is 4.70 Å². The van der Waals surface area contributed by atoms with Gasteiger partial charge in [0.05, 0.1) is 17.3 Å². The lowest BCUT2D eigenvalue weighted by Gasteiger charge is -2.01. The van der Waals surface area contributed by atoms with E-state index >= 15 is 0 Å². The van der Waals surface area contributed by atoms with Crippen molar-refractivity contribution in [2.75, 3.05) is 7.11 Å². The maximum absolute atomic E-state index is 14.0. The van der Waals surface area contributed by atoms with Crippen molar-refractivity contribution >= 4 is 27.5 Å². The molecule has 23 heavy (non-hydrogen) atoms. The molecule has 2 aromatic carbocycles. The molecule has 0 aliphatic rings. The number of benzene rings is 2. The lowest BCUT2D eigenvalue weighted by molar-refractivity contribution is 0.0998. The first-order valence-corrected chi connectivity index (χ1v) is 7.96. The minimum Gasteiger partial charge on any atom is -0.497 e. The van der Waals surface area contributed by atoms with Gasteiger partial charge in [0.2, 0.25) is 0 Å². The van der Waals surface area contributed by atoms with Gasteiger partial charge in [-0.15, -0.1) is 0 Å². The molecular formula is C17H15FN2O2S. The first kappa shape index (κ1) is 15.4. The standard InChI is InChI=1S/C17H15FN2O2S/c1-3-20-15-13(18)5-4-6-14(15)23-17(20)19-16(21)11-7-9-12(22-2)10-8-11/h4-10H,3H2,1-2H3. The molecule has 0 radical (unpaired) electrons. The van der Waals surface area contributed by atoms with E-state index in [1.165, 1.54) is 17.4 Å². The summed E-state index contributed by atoms with van der Waals surface area (Å²) in [6, 6.07) is 11.6. The molecule has 0 bridgehead atoms. The third kappa shape index (κ3) is 2.90. The Bertz CT molecular complexity index is 926. The highest BCUT2D eigenvalue weighted by molar-refractivity contribution is 7.16. The molecule has 0 unspecified atom stereocenters. The number of hydrogen-bond donors (Lipinski definition) is 0. The largest absolute Gasteiger partial charge is 0.497 e. The molecule has 118 valence electrons. The van der Waals surface area contributed by atoms with Crippen molar-refractivity contribution in [3.05, 3.63) is 58.6 Å². The van der Waals surface area contributed by atoms with Crippen LogP contribution in [0.5, 0.6) is 5.75 Å². The molecule has 3 rings (SSSR count). The summed E-state index contributed by atoms with van der Waals surface area (Å²) in [6.45, 7) is 2.44. The van der Waals surface area contributed by atoms with Crippen LogP contribution in [-0.2, 0) is 6.54 Å². The predicted molar refractivity (Wildman–Crippen MR) is 88.3 cm³/mol. The summed E-state index contributed by atoms with van der Waals surface area (Å²) in [6.07, 6.45) is 0. The number of methoxy groups -OCH3 is 1. The molecule has 0 saturated heterocycles. The smallest absolute Gasteiger partial charge is 0.279 e. The number of halogens is 1. The highest BCUT2D eigenvalue weighted by atomic mass is 32.1. The molecule has 0 aliphatic heterocycles. The third-order valence-corrected chi connectivity index (χ3v) is 4.55. The Hall–Kier alpha value is -2.47. The van der Waals surface area contributed by atoms with Crippen molar-refractivity contribution in [1.29, 1.82) is 0 Å². The van der Waals surface area contributed by atoms with Crippen LogP contribution in [0.2, 0.25) is 0 Å². The zero-order valence-corrected chi connectivity index (χ0v) is 13.6. The van der Waals surface area contributed by atoms with Crippen LogP contribution in [-0.4, -0.2) is 17.6 Å². The molecule has 3 aromatic rings. The van der Waals surface area contributed by atoms with Gasteiger partial charge in [-0.3, -0.25) is 4.79 Å². The second-order valence-corrected chi connectivity index (χ2v) is 5.87. The van der Waals surface area contributed by atoms with Gasteiger partial charge in [0.25, 0.3) is 5.91 Å². The van der Waals surface area contributed by atoms with Crippen LogP contribution < -0.4 is 9.54 Å². The summed E-state index contributed by atoms with van der Waals surface area (Å²) >= 11 is 1.30. The van der Waals surface area contributed by atoms with Crippen LogP contribution in [0, 0.1) is 5.82 Å². The van der Waals surface area contributed by atoms with Crippen LogP contribution in [0.25, 0.3) is 10.2 Å². The van der Waals surface area contributed by atoms with Crippen LogP contribution >= 0.6 is 11.3 Å². The maximum Gasteiger partial charge on any atom is 0.279 e. The first-order chi connectivity index (χ1) is 11.1. The fourth-order valence-electron chi connectivity index (χ4n) is 2.35. The number of aryl methyl sites for hydroxylation is 1. The Morgan fingerprint density at radius 1 is 1.26 bits per heavy atom. The SMILES string of the molecule is CCn1c(=NC(=O)c2ccc(OC)cc2)sc2cccc(F)c21. The Labute approximate surface area is 136 Å². The lowest BCUT2D eigenvalue weighted by Crippen LogP contribution is -2.16. The monoisotopic (exact) mass is 330 g/mol. The second-order valence-electron chi connectivity index (χ2n) is 4.86. The van der Waals surface area contributed by atoms with E-state index in [-0.39, 0.29) is 11.7 Å². The number of thiazole rings is 1. The van der Waals surface area contributed by atoms with Gasteiger partial charge in [0.15, 0.2) is 4.80 Å². The van der Waals surface area contributed by atoms with Gasteiger partial charge < -0.3 is 9.30 Å². The van der Waals surface area contributed by atoms with Crippen molar-refractivity contribution in [2.45, 2.75) is 13.5 Å². The normalized spacial score (nSPS) is 11.9. The zero-order chi connectivity index (χ0) is 16.4. The molecule has 4 nitrogen and oxygen atoms in total. The van der Waals surface area contributed by atoms with E-state index in [9.17, 15) is 9.18 Å². The van der Waals surface area contributed by atoms with Gasteiger partial charge in [-0.25, -0.2) is 4.39 Å². The van der Waals surface area contributed by atoms with Gasteiger partial charge in [0.1, 0.15) is 11.6 Å². The van der Waals surface area contributed by atoms with Crippen molar-refractivity contribution in [2.24, 2.45) is 4.99 Å². The predicted octanol–water partition coefficient (Wildman–Crippen LogP) is 3.61. The number of para-hydroxylation sites is 1. The molecule has 0 aliphatic carbocycles. The number of amides is 1. The third-order valence-electron chi connectivity index (χ3n) is 3.50. The quantitative estimate of drug-likeness (QED) is 0.736. The first-order valence-electron chi connectivity index (χ1n) is 7.15. The summed E-state index contributed by atoms with van der Waals surface area (Å²) in [4.78, 5) is 17.0. The number of ether oxygens (including phenoxy) is 1. The molecule has 0 N–H and O–H groups in total. The molecule has 1 amide bonds. The van der Waals surface area contributed by atoms with E-state index in [0.29, 0.717) is 28.2 Å². The topological polar surface area (TPSA) is 43.6 Å². The number of rotatable bonds is 3. The molecule has 0 fully saturated rings. The fourth-order valence-corrected chi connectivity index (χ4v) is 3.46. The Morgan fingerprint density at radius 2 is 2.00 bits per heavy atom.